The molecule has 0 bridgehead atoms. The van der Waals surface area contributed by atoms with Gasteiger partial charge >= 0.3 is 0 Å². The van der Waals surface area contributed by atoms with E-state index in [9.17, 15) is 0 Å². The van der Waals surface area contributed by atoms with Gasteiger partial charge in [-0.25, -0.2) is 0 Å². The standard InChI is InChI=1S/C7H13BOS/c1-2-5-3-6(7(8)9)10-4-5/h5-7,9H,2-4H2,1H3/t5-,6?,7+/m0/s1. The summed E-state index contributed by atoms with van der Waals surface area (Å²) in [4.78, 5) is 0. The summed E-state index contributed by atoms with van der Waals surface area (Å²) in [6.07, 6.45) is 2.31. The normalized spacial score (nSPS) is 36.2. The molecule has 10 heavy (non-hydrogen) atoms. The van der Waals surface area contributed by atoms with Gasteiger partial charge in [0.1, 0.15) is 7.85 Å². The van der Waals surface area contributed by atoms with E-state index in [1.807, 2.05) is 11.8 Å². The summed E-state index contributed by atoms with van der Waals surface area (Å²) in [5, 5.41) is 9.32. The van der Waals surface area contributed by atoms with Crippen LogP contribution >= 0.6 is 11.8 Å². The van der Waals surface area contributed by atoms with Crippen LogP contribution in [0.15, 0.2) is 0 Å². The molecule has 0 aromatic heterocycles. The maximum atomic E-state index is 9.02. The van der Waals surface area contributed by atoms with E-state index in [2.05, 4.69) is 6.92 Å². The molecule has 2 radical (unpaired) electrons. The van der Waals surface area contributed by atoms with Gasteiger partial charge in [0.25, 0.3) is 0 Å². The highest BCUT2D eigenvalue weighted by molar-refractivity contribution is 8.00. The molecule has 1 nitrogen and oxygen atoms in total. The molecule has 0 amide bonds. The highest BCUT2D eigenvalue weighted by Crippen LogP contribution is 2.34. The second-order valence-electron chi connectivity index (χ2n) is 2.87. The van der Waals surface area contributed by atoms with Crippen molar-refractivity contribution >= 4 is 19.6 Å². The molecule has 0 spiro atoms. The Kier molecular flexibility index (Phi) is 3.11. The van der Waals surface area contributed by atoms with Crippen molar-refractivity contribution < 1.29 is 5.11 Å². The molecule has 0 aromatic rings. The summed E-state index contributed by atoms with van der Waals surface area (Å²) in [6, 6.07) is -0.610. The van der Waals surface area contributed by atoms with E-state index in [1.54, 1.807) is 0 Å². The maximum Gasteiger partial charge on any atom is 0.110 e. The Morgan fingerprint density at radius 1 is 1.80 bits per heavy atom. The highest BCUT2D eigenvalue weighted by Gasteiger charge is 2.26. The van der Waals surface area contributed by atoms with Crippen LogP contribution in [0.4, 0.5) is 0 Å². The van der Waals surface area contributed by atoms with E-state index >= 15 is 0 Å². The fourth-order valence-corrected chi connectivity index (χ4v) is 2.74. The minimum Gasteiger partial charge on any atom is -0.402 e. The molecule has 1 aliphatic heterocycles. The van der Waals surface area contributed by atoms with Crippen molar-refractivity contribution in [3.05, 3.63) is 0 Å². The lowest BCUT2D eigenvalue weighted by atomic mass is 9.91. The zero-order valence-corrected chi connectivity index (χ0v) is 7.10. The number of rotatable bonds is 2. The Morgan fingerprint density at radius 2 is 2.50 bits per heavy atom. The van der Waals surface area contributed by atoms with Crippen molar-refractivity contribution in [3.8, 4) is 0 Å². The van der Waals surface area contributed by atoms with E-state index < -0.39 is 6.00 Å². The molecule has 1 heterocycles. The molecule has 3 heteroatoms. The van der Waals surface area contributed by atoms with Crippen molar-refractivity contribution in [2.45, 2.75) is 31.0 Å². The van der Waals surface area contributed by atoms with Crippen LogP contribution in [0.2, 0.25) is 0 Å². The molecular formula is C7H13BOS. The number of hydrogen-bond donors (Lipinski definition) is 1. The van der Waals surface area contributed by atoms with Gasteiger partial charge in [-0.1, -0.05) is 13.3 Å². The monoisotopic (exact) mass is 156 g/mol. The molecule has 56 valence electrons. The topological polar surface area (TPSA) is 20.2 Å². The van der Waals surface area contributed by atoms with Gasteiger partial charge < -0.3 is 5.11 Å². The average molecular weight is 156 g/mol. The molecule has 3 atom stereocenters. The van der Waals surface area contributed by atoms with Crippen LogP contribution in [-0.2, 0) is 0 Å². The molecule has 1 N–H and O–H groups in total. The minimum absolute atomic E-state index is 0.296. The van der Waals surface area contributed by atoms with Crippen LogP contribution in [0, 0.1) is 5.92 Å². The Bertz CT molecular complexity index is 108. The molecule has 1 rings (SSSR count). The summed E-state index contributed by atoms with van der Waals surface area (Å²) in [5.74, 6) is 1.96. The Labute approximate surface area is 68.0 Å². The molecule has 1 saturated heterocycles. The van der Waals surface area contributed by atoms with Crippen molar-refractivity contribution in [2.75, 3.05) is 5.75 Å². The zero-order valence-electron chi connectivity index (χ0n) is 6.29. The van der Waals surface area contributed by atoms with E-state index in [-0.39, 0.29) is 0 Å². The Balaban J connectivity index is 2.28. The van der Waals surface area contributed by atoms with Gasteiger partial charge in [0.15, 0.2) is 0 Å². The molecule has 1 aliphatic rings. The van der Waals surface area contributed by atoms with Crippen molar-refractivity contribution in [1.29, 1.82) is 0 Å². The molecule has 0 aromatic carbocycles. The first kappa shape index (κ1) is 8.47. The average Bonchev–Trinajstić information content (AvgIpc) is 2.34. The third-order valence-corrected chi connectivity index (χ3v) is 3.63. The summed E-state index contributed by atoms with van der Waals surface area (Å²) in [5.41, 5.74) is 0. The van der Waals surface area contributed by atoms with Crippen molar-refractivity contribution in [1.82, 2.24) is 0 Å². The lowest BCUT2D eigenvalue weighted by Crippen LogP contribution is -2.20. The van der Waals surface area contributed by atoms with Gasteiger partial charge in [0.2, 0.25) is 0 Å². The molecule has 0 saturated carbocycles. The first-order chi connectivity index (χ1) is 4.74. The van der Waals surface area contributed by atoms with Crippen LogP contribution < -0.4 is 0 Å². The fourth-order valence-electron chi connectivity index (χ4n) is 1.25. The minimum atomic E-state index is -0.610. The predicted molar refractivity (Wildman–Crippen MR) is 46.4 cm³/mol. The third kappa shape index (κ3) is 1.93. The number of aliphatic hydroxyl groups is 1. The van der Waals surface area contributed by atoms with E-state index in [0.29, 0.717) is 5.25 Å². The lowest BCUT2D eigenvalue weighted by Gasteiger charge is -2.11. The van der Waals surface area contributed by atoms with Gasteiger partial charge in [-0.05, 0) is 18.1 Å². The summed E-state index contributed by atoms with van der Waals surface area (Å²) in [7, 11) is 5.35. The Morgan fingerprint density at radius 3 is 2.80 bits per heavy atom. The van der Waals surface area contributed by atoms with Gasteiger partial charge in [-0.3, -0.25) is 0 Å². The van der Waals surface area contributed by atoms with Crippen LogP contribution in [0.25, 0.3) is 0 Å². The zero-order chi connectivity index (χ0) is 7.56. The van der Waals surface area contributed by atoms with Gasteiger partial charge in [-0.2, -0.15) is 11.8 Å². The van der Waals surface area contributed by atoms with Gasteiger partial charge in [-0.15, -0.1) is 0 Å². The first-order valence-corrected chi connectivity index (χ1v) is 4.84. The lowest BCUT2D eigenvalue weighted by molar-refractivity contribution is 0.244. The molecular weight excluding hydrogens is 143 g/mol. The van der Waals surface area contributed by atoms with E-state index in [1.165, 1.54) is 12.2 Å². The third-order valence-electron chi connectivity index (χ3n) is 2.07. The maximum absolute atomic E-state index is 9.02. The van der Waals surface area contributed by atoms with Crippen LogP contribution in [0.5, 0.6) is 0 Å². The molecule has 1 unspecified atom stereocenters. The summed E-state index contributed by atoms with van der Waals surface area (Å²) >= 11 is 1.81. The molecule has 0 aliphatic carbocycles. The van der Waals surface area contributed by atoms with Gasteiger partial charge in [0.05, 0.1) is 0 Å². The van der Waals surface area contributed by atoms with E-state index in [4.69, 9.17) is 13.0 Å². The van der Waals surface area contributed by atoms with Crippen molar-refractivity contribution in [3.63, 3.8) is 0 Å². The molecule has 1 fully saturated rings. The Hall–Kier alpha value is 0.375. The summed E-state index contributed by atoms with van der Waals surface area (Å²) < 4.78 is 0. The van der Waals surface area contributed by atoms with E-state index in [0.717, 1.165) is 12.3 Å². The van der Waals surface area contributed by atoms with Crippen LogP contribution in [0.3, 0.4) is 0 Å². The smallest absolute Gasteiger partial charge is 0.110 e. The largest absolute Gasteiger partial charge is 0.402 e. The van der Waals surface area contributed by atoms with Crippen LogP contribution in [0.1, 0.15) is 19.8 Å². The van der Waals surface area contributed by atoms with Gasteiger partial charge in [0, 0.05) is 11.3 Å². The van der Waals surface area contributed by atoms with Crippen LogP contribution in [-0.4, -0.2) is 30.0 Å². The second kappa shape index (κ2) is 3.68. The number of thioether (sulfide) groups is 1. The van der Waals surface area contributed by atoms with Crippen molar-refractivity contribution in [2.24, 2.45) is 5.92 Å². The first-order valence-electron chi connectivity index (χ1n) is 3.79. The predicted octanol–water partition coefficient (Wildman–Crippen LogP) is 1.00. The number of aliphatic hydroxyl groups excluding tert-OH is 1. The second-order valence-corrected chi connectivity index (χ2v) is 4.14. The fraction of sp³-hybridized carbons (Fsp3) is 1.00. The highest BCUT2D eigenvalue weighted by atomic mass is 32.2. The SMILES string of the molecule is [B][C@H](O)C1C[C@H](CC)CS1. The summed E-state index contributed by atoms with van der Waals surface area (Å²) in [6.45, 7) is 2.19. The quantitative estimate of drug-likeness (QED) is 0.602. The number of hydrogen-bond acceptors (Lipinski definition) is 2.